The lowest BCUT2D eigenvalue weighted by Crippen LogP contribution is -2.46. The third-order valence-electron chi connectivity index (χ3n) is 2.71. The van der Waals surface area contributed by atoms with E-state index in [0.717, 1.165) is 19.9 Å². The van der Waals surface area contributed by atoms with Crippen molar-refractivity contribution in [2.75, 3.05) is 20.3 Å². The van der Waals surface area contributed by atoms with E-state index in [4.69, 9.17) is 14.6 Å². The molecule has 1 heterocycles. The van der Waals surface area contributed by atoms with Crippen molar-refractivity contribution in [3.8, 4) is 0 Å². The van der Waals surface area contributed by atoms with Crippen molar-refractivity contribution in [2.24, 2.45) is 5.92 Å². The van der Waals surface area contributed by atoms with Gasteiger partial charge >= 0.3 is 0 Å². The highest BCUT2D eigenvalue weighted by Gasteiger charge is 2.26. The van der Waals surface area contributed by atoms with Gasteiger partial charge < -0.3 is 14.7 Å². The molecule has 1 amide bonds. The van der Waals surface area contributed by atoms with Gasteiger partial charge in [0, 0.05) is 26.6 Å². The summed E-state index contributed by atoms with van der Waals surface area (Å²) >= 11 is 0. The zero-order valence-corrected chi connectivity index (χ0v) is 11.1. The number of rotatable bonds is 2. The first-order valence-corrected chi connectivity index (χ1v) is 5.86. The summed E-state index contributed by atoms with van der Waals surface area (Å²) in [6.45, 7) is 6.50. The minimum atomic E-state index is -0.833. The SMILES string of the molecule is CC(=O)O.COCC(=O)N1CC(C)CCC1C. The minimum Gasteiger partial charge on any atom is -0.481 e. The molecule has 1 aliphatic heterocycles. The first-order chi connectivity index (χ1) is 7.88. The molecule has 0 aromatic carbocycles. The summed E-state index contributed by atoms with van der Waals surface area (Å²) in [4.78, 5) is 22.5. The lowest BCUT2D eigenvalue weighted by molar-refractivity contribution is -0.139. The highest BCUT2D eigenvalue weighted by atomic mass is 16.5. The Hall–Kier alpha value is -1.10. The van der Waals surface area contributed by atoms with Crippen LogP contribution < -0.4 is 0 Å². The summed E-state index contributed by atoms with van der Waals surface area (Å²) in [5.41, 5.74) is 0. The second-order valence-electron chi connectivity index (χ2n) is 4.53. The predicted octanol–water partition coefficient (Wildman–Crippen LogP) is 1.37. The Bertz CT molecular complexity index is 251. The molecule has 0 radical (unpaired) electrons. The number of hydrogen-bond donors (Lipinski definition) is 1. The third-order valence-corrected chi connectivity index (χ3v) is 2.71. The molecule has 5 nitrogen and oxygen atoms in total. The van der Waals surface area contributed by atoms with Crippen molar-refractivity contribution >= 4 is 11.9 Å². The number of carbonyl (C=O) groups is 2. The Morgan fingerprint density at radius 3 is 2.35 bits per heavy atom. The molecular weight excluding hydrogens is 222 g/mol. The van der Waals surface area contributed by atoms with E-state index in [1.165, 1.54) is 6.42 Å². The number of piperidine rings is 1. The molecular formula is C12H23NO4. The molecule has 0 bridgehead atoms. The van der Waals surface area contributed by atoms with E-state index in [1.807, 2.05) is 4.90 Å². The summed E-state index contributed by atoms with van der Waals surface area (Å²) in [6.07, 6.45) is 2.36. The number of carbonyl (C=O) groups excluding carboxylic acids is 1. The van der Waals surface area contributed by atoms with Crippen molar-refractivity contribution in [3.05, 3.63) is 0 Å². The van der Waals surface area contributed by atoms with Gasteiger partial charge in [0.05, 0.1) is 0 Å². The van der Waals surface area contributed by atoms with E-state index in [2.05, 4.69) is 13.8 Å². The normalized spacial score (nSPS) is 23.6. The van der Waals surface area contributed by atoms with Crippen molar-refractivity contribution in [3.63, 3.8) is 0 Å². The summed E-state index contributed by atoms with van der Waals surface area (Å²) in [7, 11) is 1.57. The van der Waals surface area contributed by atoms with Gasteiger partial charge in [-0.25, -0.2) is 0 Å². The Kier molecular flexibility index (Phi) is 7.54. The molecule has 2 atom stereocenters. The van der Waals surface area contributed by atoms with Crippen LogP contribution in [0.1, 0.15) is 33.6 Å². The zero-order valence-electron chi connectivity index (χ0n) is 11.1. The van der Waals surface area contributed by atoms with Gasteiger partial charge in [0.25, 0.3) is 5.97 Å². The molecule has 0 aliphatic carbocycles. The second-order valence-corrected chi connectivity index (χ2v) is 4.53. The average molecular weight is 245 g/mol. The number of nitrogens with zero attached hydrogens (tertiary/aromatic N) is 1. The van der Waals surface area contributed by atoms with Gasteiger partial charge in [0.2, 0.25) is 5.91 Å². The van der Waals surface area contributed by atoms with Crippen LogP contribution in [0.2, 0.25) is 0 Å². The number of amides is 1. The summed E-state index contributed by atoms with van der Waals surface area (Å²) in [5.74, 6) is -0.0708. The lowest BCUT2D eigenvalue weighted by atomic mass is 9.95. The van der Waals surface area contributed by atoms with E-state index < -0.39 is 5.97 Å². The van der Waals surface area contributed by atoms with Crippen LogP contribution in [-0.2, 0) is 14.3 Å². The fraction of sp³-hybridized carbons (Fsp3) is 0.833. The summed E-state index contributed by atoms with van der Waals surface area (Å²) < 4.78 is 4.85. The summed E-state index contributed by atoms with van der Waals surface area (Å²) in [5, 5.41) is 7.42. The smallest absolute Gasteiger partial charge is 0.300 e. The van der Waals surface area contributed by atoms with Crippen LogP contribution in [0.25, 0.3) is 0 Å². The predicted molar refractivity (Wildman–Crippen MR) is 64.8 cm³/mol. The van der Waals surface area contributed by atoms with Gasteiger partial charge in [-0.1, -0.05) is 6.92 Å². The number of ether oxygens (including phenoxy) is 1. The molecule has 100 valence electrons. The molecule has 0 spiro atoms. The average Bonchev–Trinajstić information content (AvgIpc) is 2.21. The van der Waals surface area contributed by atoms with Gasteiger partial charge in [0.1, 0.15) is 6.61 Å². The first kappa shape index (κ1) is 15.9. The Balaban J connectivity index is 0.000000557. The van der Waals surface area contributed by atoms with Crippen LogP contribution in [0.5, 0.6) is 0 Å². The topological polar surface area (TPSA) is 66.8 Å². The minimum absolute atomic E-state index is 0.126. The number of likely N-dealkylation sites (tertiary alicyclic amines) is 1. The maximum Gasteiger partial charge on any atom is 0.300 e. The highest BCUT2D eigenvalue weighted by molar-refractivity contribution is 5.77. The van der Waals surface area contributed by atoms with Crippen LogP contribution in [0.15, 0.2) is 0 Å². The van der Waals surface area contributed by atoms with E-state index in [-0.39, 0.29) is 12.5 Å². The molecule has 17 heavy (non-hydrogen) atoms. The first-order valence-electron chi connectivity index (χ1n) is 5.86. The lowest BCUT2D eigenvalue weighted by Gasteiger charge is -2.36. The van der Waals surface area contributed by atoms with Crippen molar-refractivity contribution in [2.45, 2.75) is 39.7 Å². The fourth-order valence-electron chi connectivity index (χ4n) is 1.84. The quantitative estimate of drug-likeness (QED) is 0.798. The standard InChI is InChI=1S/C10H19NO2.C2H4O2/c1-8-4-5-9(2)11(6-8)10(12)7-13-3;1-2(3)4/h8-9H,4-7H2,1-3H3;1H3,(H,3,4). The third kappa shape index (κ3) is 6.94. The van der Waals surface area contributed by atoms with E-state index in [9.17, 15) is 4.79 Å². The van der Waals surface area contributed by atoms with Crippen LogP contribution in [0.3, 0.4) is 0 Å². The van der Waals surface area contributed by atoms with Gasteiger partial charge in [-0.05, 0) is 25.7 Å². The highest BCUT2D eigenvalue weighted by Crippen LogP contribution is 2.21. The van der Waals surface area contributed by atoms with Crippen molar-refractivity contribution < 1.29 is 19.4 Å². The molecule has 2 unspecified atom stereocenters. The number of carboxylic acids is 1. The van der Waals surface area contributed by atoms with Crippen LogP contribution in [0, 0.1) is 5.92 Å². The van der Waals surface area contributed by atoms with Crippen molar-refractivity contribution in [1.29, 1.82) is 0 Å². The Labute approximate surface area is 103 Å². The van der Waals surface area contributed by atoms with Crippen LogP contribution >= 0.6 is 0 Å². The number of carboxylic acid groups (broad SMARTS) is 1. The fourth-order valence-corrected chi connectivity index (χ4v) is 1.84. The monoisotopic (exact) mass is 245 g/mol. The molecule has 1 aliphatic rings. The van der Waals surface area contributed by atoms with Gasteiger partial charge in [0.15, 0.2) is 0 Å². The van der Waals surface area contributed by atoms with Crippen LogP contribution in [-0.4, -0.2) is 48.2 Å². The van der Waals surface area contributed by atoms with Gasteiger partial charge in [-0.15, -0.1) is 0 Å². The molecule has 1 N–H and O–H groups in total. The van der Waals surface area contributed by atoms with E-state index >= 15 is 0 Å². The molecule has 0 saturated carbocycles. The molecule has 1 fully saturated rings. The molecule has 5 heteroatoms. The van der Waals surface area contributed by atoms with E-state index in [0.29, 0.717) is 12.0 Å². The van der Waals surface area contributed by atoms with E-state index in [1.54, 1.807) is 7.11 Å². The molecule has 1 saturated heterocycles. The molecule has 0 aromatic heterocycles. The number of aliphatic carboxylic acids is 1. The number of methoxy groups -OCH3 is 1. The molecule has 0 aromatic rings. The maximum atomic E-state index is 11.6. The van der Waals surface area contributed by atoms with Gasteiger partial charge in [-0.3, -0.25) is 9.59 Å². The largest absolute Gasteiger partial charge is 0.481 e. The summed E-state index contributed by atoms with van der Waals surface area (Å²) in [6, 6.07) is 0.388. The van der Waals surface area contributed by atoms with Crippen molar-refractivity contribution in [1.82, 2.24) is 4.90 Å². The van der Waals surface area contributed by atoms with Crippen LogP contribution in [0.4, 0.5) is 0 Å². The van der Waals surface area contributed by atoms with Gasteiger partial charge in [-0.2, -0.15) is 0 Å². The second kappa shape index (κ2) is 8.06. The number of hydrogen-bond acceptors (Lipinski definition) is 3. The zero-order chi connectivity index (χ0) is 13.4. The Morgan fingerprint density at radius 2 is 1.88 bits per heavy atom. The maximum absolute atomic E-state index is 11.6. The molecule has 1 rings (SSSR count). The Morgan fingerprint density at radius 1 is 1.35 bits per heavy atom.